The van der Waals surface area contributed by atoms with Gasteiger partial charge < -0.3 is 14.8 Å². The molecule has 1 N–H and O–H groups in total. The minimum Gasteiger partial charge on any atom is -0.330 e. The first-order valence-corrected chi connectivity index (χ1v) is 6.72. The molecule has 0 fully saturated rings. The topological polar surface area (TPSA) is 91.0 Å². The quantitative estimate of drug-likeness (QED) is 0.359. The number of carbonyl (C=O) groups excluding carboxylic acids is 2. The number of aromatic nitrogens is 2. The van der Waals surface area contributed by atoms with Crippen LogP contribution in [0.4, 0.5) is 0 Å². The number of hydrogen-bond donors (Lipinski definition) is 1. The Morgan fingerprint density at radius 3 is 3.05 bits per heavy atom. The lowest BCUT2D eigenvalue weighted by Crippen LogP contribution is -2.38. The van der Waals surface area contributed by atoms with Crippen molar-refractivity contribution in [3.05, 3.63) is 29.9 Å². The van der Waals surface area contributed by atoms with E-state index >= 15 is 0 Å². The largest absolute Gasteiger partial charge is 0.330 e. The van der Waals surface area contributed by atoms with Crippen LogP contribution in [-0.4, -0.2) is 45.8 Å². The summed E-state index contributed by atoms with van der Waals surface area (Å²) in [5.41, 5.74) is 0.591. The van der Waals surface area contributed by atoms with E-state index in [9.17, 15) is 9.59 Å². The number of hydrogen-bond acceptors (Lipinski definition) is 5. The van der Waals surface area contributed by atoms with Crippen molar-refractivity contribution in [3.63, 3.8) is 0 Å². The van der Waals surface area contributed by atoms with Crippen LogP contribution in [0.2, 0.25) is 0 Å². The molecule has 0 radical (unpaired) electrons. The van der Waals surface area contributed by atoms with Crippen molar-refractivity contribution >= 4 is 11.7 Å². The molecule has 0 spiro atoms. The summed E-state index contributed by atoms with van der Waals surface area (Å²) in [5, 5.41) is 11.2. The number of imidazole rings is 1. The molecular formula is C14H17N5O2. The Morgan fingerprint density at radius 1 is 1.52 bits per heavy atom. The molecule has 7 heteroatoms. The number of Topliss-reactive ketones (excluding diaryl/α,β-unsaturated/α-hetero) is 1. The minimum absolute atomic E-state index is 0.0167. The fourth-order valence-electron chi connectivity index (χ4n) is 2.21. The maximum Gasteiger partial charge on any atom is 0.246 e. The standard InChI is InChI=1S/C14H17N5O2/c1-11(20)12-9-17-13-10-18(7-8-19(12)13)14(21)3-2-5-16-6-4-15/h2-3,9,16H,5-8,10H2,1H3/b3-2+. The van der Waals surface area contributed by atoms with Crippen molar-refractivity contribution in [2.45, 2.75) is 20.0 Å². The predicted molar refractivity (Wildman–Crippen MR) is 75.3 cm³/mol. The Labute approximate surface area is 122 Å². The van der Waals surface area contributed by atoms with E-state index in [1.54, 1.807) is 17.2 Å². The molecular weight excluding hydrogens is 270 g/mol. The van der Waals surface area contributed by atoms with Crippen LogP contribution in [0, 0.1) is 11.3 Å². The van der Waals surface area contributed by atoms with Crippen LogP contribution in [0.3, 0.4) is 0 Å². The summed E-state index contributed by atoms with van der Waals surface area (Å²) in [4.78, 5) is 29.4. The first kappa shape index (κ1) is 14.9. The normalized spacial score (nSPS) is 14.0. The Bertz CT molecular complexity index is 611. The summed E-state index contributed by atoms with van der Waals surface area (Å²) in [5.74, 6) is 0.625. The van der Waals surface area contributed by atoms with Crippen molar-refractivity contribution in [2.24, 2.45) is 0 Å². The Balaban J connectivity index is 1.94. The Hall–Kier alpha value is -2.46. The van der Waals surface area contributed by atoms with Crippen LogP contribution >= 0.6 is 0 Å². The lowest BCUT2D eigenvalue weighted by Gasteiger charge is -2.27. The summed E-state index contributed by atoms with van der Waals surface area (Å²) >= 11 is 0. The third-order valence-corrected chi connectivity index (χ3v) is 3.26. The van der Waals surface area contributed by atoms with E-state index in [0.717, 1.165) is 5.82 Å². The maximum absolute atomic E-state index is 12.0. The van der Waals surface area contributed by atoms with Crippen molar-refractivity contribution in [2.75, 3.05) is 19.6 Å². The smallest absolute Gasteiger partial charge is 0.246 e. The third kappa shape index (κ3) is 3.55. The highest BCUT2D eigenvalue weighted by molar-refractivity contribution is 5.92. The van der Waals surface area contributed by atoms with E-state index in [4.69, 9.17) is 5.26 Å². The third-order valence-electron chi connectivity index (χ3n) is 3.26. The van der Waals surface area contributed by atoms with Crippen LogP contribution in [0.25, 0.3) is 0 Å². The van der Waals surface area contributed by atoms with Gasteiger partial charge in [-0.25, -0.2) is 4.98 Å². The molecule has 21 heavy (non-hydrogen) atoms. The second-order valence-electron chi connectivity index (χ2n) is 4.72. The summed E-state index contributed by atoms with van der Waals surface area (Å²) in [6.45, 7) is 3.79. The number of carbonyl (C=O) groups is 2. The van der Waals surface area contributed by atoms with E-state index in [-0.39, 0.29) is 18.2 Å². The summed E-state index contributed by atoms with van der Waals surface area (Å²) in [7, 11) is 0. The van der Waals surface area contributed by atoms with Gasteiger partial charge in [0.15, 0.2) is 5.78 Å². The number of nitrogens with one attached hydrogen (secondary N) is 1. The number of amides is 1. The summed E-state index contributed by atoms with van der Waals surface area (Å²) in [6.07, 6.45) is 4.75. The Morgan fingerprint density at radius 2 is 2.33 bits per heavy atom. The highest BCUT2D eigenvalue weighted by Gasteiger charge is 2.23. The van der Waals surface area contributed by atoms with E-state index in [1.165, 1.54) is 13.0 Å². The van der Waals surface area contributed by atoms with Gasteiger partial charge in [0, 0.05) is 32.6 Å². The van der Waals surface area contributed by atoms with Crippen LogP contribution in [0.1, 0.15) is 23.2 Å². The predicted octanol–water partition coefficient (Wildman–Crippen LogP) is 0.0973. The highest BCUT2D eigenvalue weighted by Crippen LogP contribution is 2.15. The molecule has 0 saturated heterocycles. The highest BCUT2D eigenvalue weighted by atomic mass is 16.2. The first-order valence-electron chi connectivity index (χ1n) is 6.72. The number of ketones is 1. The zero-order chi connectivity index (χ0) is 15.2. The van der Waals surface area contributed by atoms with Gasteiger partial charge in [-0.1, -0.05) is 6.08 Å². The lowest BCUT2D eigenvalue weighted by molar-refractivity contribution is -0.127. The molecule has 2 rings (SSSR count). The van der Waals surface area contributed by atoms with Crippen LogP contribution in [0.5, 0.6) is 0 Å². The molecule has 1 aromatic rings. The van der Waals surface area contributed by atoms with E-state index in [0.29, 0.717) is 31.9 Å². The average Bonchev–Trinajstić information content (AvgIpc) is 2.90. The van der Waals surface area contributed by atoms with E-state index in [1.807, 2.05) is 10.6 Å². The molecule has 1 aliphatic rings. The molecule has 0 saturated carbocycles. The number of nitriles is 1. The van der Waals surface area contributed by atoms with Gasteiger partial charge >= 0.3 is 0 Å². The van der Waals surface area contributed by atoms with Crippen molar-refractivity contribution in [1.29, 1.82) is 5.26 Å². The summed E-state index contributed by atoms with van der Waals surface area (Å²) < 4.78 is 1.87. The zero-order valence-corrected chi connectivity index (χ0v) is 11.9. The van der Waals surface area contributed by atoms with Gasteiger partial charge in [0.1, 0.15) is 11.5 Å². The van der Waals surface area contributed by atoms with Gasteiger partial charge in [-0.3, -0.25) is 9.59 Å². The van der Waals surface area contributed by atoms with Crippen molar-refractivity contribution in [3.8, 4) is 6.07 Å². The molecule has 0 aromatic carbocycles. The van der Waals surface area contributed by atoms with Crippen molar-refractivity contribution in [1.82, 2.24) is 19.8 Å². The SMILES string of the molecule is CC(=O)c1cnc2n1CCN(C(=O)/C=C/CNCC#N)C2. The molecule has 0 atom stereocenters. The molecule has 1 amide bonds. The van der Waals surface area contributed by atoms with Gasteiger partial charge in [0.2, 0.25) is 5.91 Å². The van der Waals surface area contributed by atoms with Gasteiger partial charge in [-0.05, 0) is 0 Å². The Kier molecular flexibility index (Phi) is 4.85. The number of nitrogens with zero attached hydrogens (tertiary/aromatic N) is 4. The molecule has 0 bridgehead atoms. The second-order valence-corrected chi connectivity index (χ2v) is 4.72. The number of fused-ring (bicyclic) bond motifs is 1. The van der Waals surface area contributed by atoms with E-state index < -0.39 is 0 Å². The zero-order valence-electron chi connectivity index (χ0n) is 11.9. The molecule has 7 nitrogen and oxygen atoms in total. The lowest BCUT2D eigenvalue weighted by atomic mass is 10.3. The first-order chi connectivity index (χ1) is 10.1. The number of rotatable bonds is 5. The maximum atomic E-state index is 12.0. The average molecular weight is 287 g/mol. The van der Waals surface area contributed by atoms with Crippen LogP contribution in [0.15, 0.2) is 18.3 Å². The van der Waals surface area contributed by atoms with Gasteiger partial charge in [0.05, 0.1) is 25.4 Å². The van der Waals surface area contributed by atoms with E-state index in [2.05, 4.69) is 10.3 Å². The molecule has 1 aromatic heterocycles. The van der Waals surface area contributed by atoms with Gasteiger partial charge in [-0.15, -0.1) is 0 Å². The fourth-order valence-corrected chi connectivity index (χ4v) is 2.21. The molecule has 2 heterocycles. The van der Waals surface area contributed by atoms with Crippen LogP contribution < -0.4 is 5.32 Å². The van der Waals surface area contributed by atoms with Gasteiger partial charge in [0.25, 0.3) is 0 Å². The second kappa shape index (κ2) is 6.81. The molecule has 1 aliphatic heterocycles. The van der Waals surface area contributed by atoms with Crippen molar-refractivity contribution < 1.29 is 9.59 Å². The molecule has 0 unspecified atom stereocenters. The monoisotopic (exact) mass is 287 g/mol. The molecule has 110 valence electrons. The van der Waals surface area contributed by atoms with Crippen LogP contribution in [-0.2, 0) is 17.9 Å². The molecule has 0 aliphatic carbocycles. The fraction of sp³-hybridized carbons (Fsp3) is 0.429. The van der Waals surface area contributed by atoms with Gasteiger partial charge in [-0.2, -0.15) is 5.26 Å². The minimum atomic E-state index is -0.0904. The summed E-state index contributed by atoms with van der Waals surface area (Å²) in [6, 6.07) is 1.96.